The summed E-state index contributed by atoms with van der Waals surface area (Å²) in [5.74, 6) is -0.164. The predicted octanol–water partition coefficient (Wildman–Crippen LogP) is 1.55. The van der Waals surface area contributed by atoms with Crippen LogP contribution in [0.4, 0.5) is 5.69 Å². The van der Waals surface area contributed by atoms with Gasteiger partial charge in [-0.25, -0.2) is 0 Å². The number of anilines is 1. The van der Waals surface area contributed by atoms with Crippen LogP contribution in [-0.2, 0) is 9.53 Å². The SMILES string of the molecule is COC(=O)CCN1CCN(c2cc(C)ccc2C#N)CC1. The van der Waals surface area contributed by atoms with Gasteiger partial charge in [-0.3, -0.25) is 9.69 Å². The third-order valence-corrected chi connectivity index (χ3v) is 3.85. The van der Waals surface area contributed by atoms with Crippen LogP contribution in [0.25, 0.3) is 0 Å². The molecule has 0 saturated carbocycles. The van der Waals surface area contributed by atoms with Gasteiger partial charge in [0.2, 0.25) is 0 Å². The molecule has 0 aromatic heterocycles. The minimum absolute atomic E-state index is 0.164. The van der Waals surface area contributed by atoms with Crippen LogP contribution in [0.15, 0.2) is 18.2 Å². The fourth-order valence-corrected chi connectivity index (χ4v) is 2.56. The van der Waals surface area contributed by atoms with Gasteiger partial charge in [0.05, 0.1) is 24.8 Å². The Morgan fingerprint density at radius 3 is 2.67 bits per heavy atom. The molecule has 21 heavy (non-hydrogen) atoms. The Hall–Kier alpha value is -2.06. The molecule has 0 radical (unpaired) electrons. The average molecular weight is 287 g/mol. The Morgan fingerprint density at radius 1 is 1.33 bits per heavy atom. The molecule has 1 fully saturated rings. The monoisotopic (exact) mass is 287 g/mol. The Labute approximate surface area is 125 Å². The molecule has 0 amide bonds. The molecule has 0 N–H and O–H groups in total. The number of nitriles is 1. The molecule has 1 saturated heterocycles. The van der Waals surface area contributed by atoms with Gasteiger partial charge in [0.25, 0.3) is 0 Å². The standard InChI is InChI=1S/C16H21N3O2/c1-13-3-4-14(12-17)15(11-13)19-9-7-18(8-10-19)6-5-16(20)21-2/h3-4,11H,5-10H2,1-2H3. The van der Waals surface area contributed by atoms with E-state index in [1.807, 2.05) is 19.1 Å². The summed E-state index contributed by atoms with van der Waals surface area (Å²) in [6.45, 7) is 6.32. The van der Waals surface area contributed by atoms with Crippen molar-refractivity contribution < 1.29 is 9.53 Å². The summed E-state index contributed by atoms with van der Waals surface area (Å²) >= 11 is 0. The first kappa shape index (κ1) is 15.3. The summed E-state index contributed by atoms with van der Waals surface area (Å²) < 4.78 is 4.66. The van der Waals surface area contributed by atoms with Crippen molar-refractivity contribution in [3.63, 3.8) is 0 Å². The van der Waals surface area contributed by atoms with E-state index in [4.69, 9.17) is 0 Å². The number of esters is 1. The van der Waals surface area contributed by atoms with E-state index >= 15 is 0 Å². The zero-order chi connectivity index (χ0) is 15.2. The van der Waals surface area contributed by atoms with Crippen LogP contribution in [0.3, 0.4) is 0 Å². The van der Waals surface area contributed by atoms with E-state index in [2.05, 4.69) is 26.7 Å². The van der Waals surface area contributed by atoms with Crippen LogP contribution in [0, 0.1) is 18.3 Å². The minimum atomic E-state index is -0.164. The van der Waals surface area contributed by atoms with Crippen LogP contribution in [0.1, 0.15) is 17.5 Å². The van der Waals surface area contributed by atoms with Gasteiger partial charge in [0.15, 0.2) is 0 Å². The molecule has 5 heteroatoms. The van der Waals surface area contributed by atoms with Gasteiger partial charge in [0.1, 0.15) is 6.07 Å². The van der Waals surface area contributed by atoms with E-state index in [1.165, 1.54) is 7.11 Å². The van der Waals surface area contributed by atoms with Gasteiger partial charge < -0.3 is 9.64 Å². The number of carbonyl (C=O) groups excluding carboxylic acids is 1. The van der Waals surface area contributed by atoms with E-state index < -0.39 is 0 Å². The van der Waals surface area contributed by atoms with E-state index in [-0.39, 0.29) is 5.97 Å². The number of aryl methyl sites for hydroxylation is 1. The van der Waals surface area contributed by atoms with Crippen LogP contribution < -0.4 is 4.90 Å². The highest BCUT2D eigenvalue weighted by Gasteiger charge is 2.19. The summed E-state index contributed by atoms with van der Waals surface area (Å²) in [4.78, 5) is 15.7. The normalized spacial score (nSPS) is 15.6. The van der Waals surface area contributed by atoms with Gasteiger partial charge >= 0.3 is 5.97 Å². The zero-order valence-electron chi connectivity index (χ0n) is 12.6. The number of piperazine rings is 1. The second-order valence-electron chi connectivity index (χ2n) is 5.29. The molecule has 1 heterocycles. The molecule has 0 aliphatic carbocycles. The largest absolute Gasteiger partial charge is 0.469 e. The molecule has 1 aromatic rings. The van der Waals surface area contributed by atoms with Crippen molar-refractivity contribution in [2.45, 2.75) is 13.3 Å². The lowest BCUT2D eigenvalue weighted by Gasteiger charge is -2.36. The lowest BCUT2D eigenvalue weighted by atomic mass is 10.1. The molecule has 1 aliphatic heterocycles. The van der Waals surface area contributed by atoms with Crippen molar-refractivity contribution in [1.82, 2.24) is 4.90 Å². The van der Waals surface area contributed by atoms with Crippen LogP contribution in [-0.4, -0.2) is 50.7 Å². The maximum absolute atomic E-state index is 11.2. The van der Waals surface area contributed by atoms with Crippen molar-refractivity contribution in [3.05, 3.63) is 29.3 Å². The maximum Gasteiger partial charge on any atom is 0.306 e. The molecular formula is C16H21N3O2. The van der Waals surface area contributed by atoms with Gasteiger partial charge in [-0.15, -0.1) is 0 Å². The van der Waals surface area contributed by atoms with Crippen molar-refractivity contribution >= 4 is 11.7 Å². The highest BCUT2D eigenvalue weighted by Crippen LogP contribution is 2.23. The third-order valence-electron chi connectivity index (χ3n) is 3.85. The Bertz CT molecular complexity index is 543. The molecule has 112 valence electrons. The number of nitrogens with zero attached hydrogens (tertiary/aromatic N) is 3. The van der Waals surface area contributed by atoms with E-state index in [1.54, 1.807) is 0 Å². The van der Waals surface area contributed by atoms with Crippen LogP contribution in [0.2, 0.25) is 0 Å². The molecule has 0 atom stereocenters. The fraction of sp³-hybridized carbons (Fsp3) is 0.500. The van der Waals surface area contributed by atoms with Crippen LogP contribution >= 0.6 is 0 Å². The van der Waals surface area contributed by atoms with Gasteiger partial charge in [-0.2, -0.15) is 5.26 Å². The lowest BCUT2D eigenvalue weighted by Crippen LogP contribution is -2.47. The first-order valence-electron chi connectivity index (χ1n) is 7.19. The molecule has 2 rings (SSSR count). The topological polar surface area (TPSA) is 56.6 Å². The van der Waals surface area contributed by atoms with Crippen molar-refractivity contribution in [3.8, 4) is 6.07 Å². The summed E-state index contributed by atoms with van der Waals surface area (Å²) in [5.41, 5.74) is 2.91. The summed E-state index contributed by atoms with van der Waals surface area (Å²) in [5, 5.41) is 9.23. The van der Waals surface area contributed by atoms with Crippen molar-refractivity contribution in [2.75, 3.05) is 44.7 Å². The number of carbonyl (C=O) groups is 1. The summed E-state index contributed by atoms with van der Waals surface area (Å²) in [6.07, 6.45) is 0.435. The maximum atomic E-state index is 11.2. The Balaban J connectivity index is 1.94. The van der Waals surface area contributed by atoms with Gasteiger partial charge in [-0.05, 0) is 24.6 Å². The molecule has 5 nitrogen and oxygen atoms in total. The van der Waals surface area contributed by atoms with E-state index in [9.17, 15) is 10.1 Å². The highest BCUT2D eigenvalue weighted by molar-refractivity contribution is 5.69. The zero-order valence-corrected chi connectivity index (χ0v) is 12.6. The summed E-state index contributed by atoms with van der Waals surface area (Å²) in [7, 11) is 1.42. The molecule has 0 unspecified atom stereocenters. The van der Waals surface area contributed by atoms with Crippen LogP contribution in [0.5, 0.6) is 0 Å². The molecule has 1 aliphatic rings. The van der Waals surface area contributed by atoms with Gasteiger partial charge in [-0.1, -0.05) is 6.07 Å². The van der Waals surface area contributed by atoms with Crippen molar-refractivity contribution in [2.24, 2.45) is 0 Å². The third kappa shape index (κ3) is 3.96. The molecule has 0 bridgehead atoms. The average Bonchev–Trinajstić information content (AvgIpc) is 2.53. The van der Waals surface area contributed by atoms with Crippen molar-refractivity contribution in [1.29, 1.82) is 5.26 Å². The number of rotatable bonds is 4. The number of hydrogen-bond donors (Lipinski definition) is 0. The molecule has 1 aromatic carbocycles. The fourth-order valence-electron chi connectivity index (χ4n) is 2.56. The first-order chi connectivity index (χ1) is 10.1. The van der Waals surface area contributed by atoms with E-state index in [0.29, 0.717) is 6.42 Å². The predicted molar refractivity (Wildman–Crippen MR) is 81.2 cm³/mol. The number of hydrogen-bond acceptors (Lipinski definition) is 5. The Morgan fingerprint density at radius 2 is 2.05 bits per heavy atom. The first-order valence-corrected chi connectivity index (χ1v) is 7.19. The lowest BCUT2D eigenvalue weighted by molar-refractivity contribution is -0.141. The minimum Gasteiger partial charge on any atom is -0.469 e. The second-order valence-corrected chi connectivity index (χ2v) is 5.29. The number of benzene rings is 1. The Kier molecular flexibility index (Phi) is 5.18. The van der Waals surface area contributed by atoms with E-state index in [0.717, 1.165) is 49.5 Å². The molecular weight excluding hydrogens is 266 g/mol. The smallest absolute Gasteiger partial charge is 0.306 e. The number of ether oxygens (including phenoxy) is 1. The molecule has 0 spiro atoms. The highest BCUT2D eigenvalue weighted by atomic mass is 16.5. The quantitative estimate of drug-likeness (QED) is 0.786. The summed E-state index contributed by atoms with van der Waals surface area (Å²) in [6, 6.07) is 8.18. The van der Waals surface area contributed by atoms with Gasteiger partial charge in [0, 0.05) is 32.7 Å². The number of methoxy groups -OCH3 is 1. The second kappa shape index (κ2) is 7.09.